The van der Waals surface area contributed by atoms with Gasteiger partial charge in [-0.15, -0.1) is 0 Å². The van der Waals surface area contributed by atoms with Crippen LogP contribution in [0.1, 0.15) is 40.0 Å². The van der Waals surface area contributed by atoms with Gasteiger partial charge in [0.2, 0.25) is 0 Å². The molecule has 130 valence electrons. The fraction of sp³-hybridized carbons (Fsp3) is 0.409. The Labute approximate surface area is 149 Å². The Morgan fingerprint density at radius 3 is 2.33 bits per heavy atom. The zero-order chi connectivity index (χ0) is 18.2. The predicted octanol–water partition coefficient (Wildman–Crippen LogP) is 5.60. The first-order valence-corrected chi connectivity index (χ1v) is 11.9. The second kappa shape index (κ2) is 9.58. The van der Waals surface area contributed by atoms with E-state index in [2.05, 4.69) is 68.7 Å². The summed E-state index contributed by atoms with van der Waals surface area (Å²) in [7, 11) is -1.56. The van der Waals surface area contributed by atoms with Gasteiger partial charge < -0.3 is 0 Å². The van der Waals surface area contributed by atoms with Crippen molar-refractivity contribution in [3.63, 3.8) is 0 Å². The fourth-order valence-electron chi connectivity index (χ4n) is 2.94. The summed E-state index contributed by atoms with van der Waals surface area (Å²) in [5.74, 6) is 0.403. The summed E-state index contributed by atoms with van der Waals surface area (Å²) in [4.78, 5) is 11.9. The molecule has 0 bridgehead atoms. The Balaban J connectivity index is 2.73. The van der Waals surface area contributed by atoms with E-state index in [-0.39, 0.29) is 11.7 Å². The van der Waals surface area contributed by atoms with Crippen molar-refractivity contribution in [3.8, 4) is 0 Å². The maximum absolute atomic E-state index is 11.9. The molecule has 24 heavy (non-hydrogen) atoms. The van der Waals surface area contributed by atoms with Gasteiger partial charge in [0.05, 0.1) is 0 Å². The zero-order valence-corrected chi connectivity index (χ0v) is 16.9. The quantitative estimate of drug-likeness (QED) is 0.423. The third-order valence-electron chi connectivity index (χ3n) is 4.63. The lowest BCUT2D eigenvalue weighted by atomic mass is 9.93. The van der Waals surface area contributed by atoms with Gasteiger partial charge in [0.1, 0.15) is 13.9 Å². The average molecular weight is 341 g/mol. The van der Waals surface area contributed by atoms with Gasteiger partial charge in [-0.3, -0.25) is 4.79 Å². The smallest absolute Gasteiger partial charge is 0.133 e. The Kier molecular flexibility index (Phi) is 8.13. The average Bonchev–Trinajstić information content (AvgIpc) is 2.54. The molecule has 0 aliphatic rings. The molecule has 0 saturated heterocycles. The summed E-state index contributed by atoms with van der Waals surface area (Å²) in [5, 5.41) is 1.46. The summed E-state index contributed by atoms with van der Waals surface area (Å²) in [6, 6.07) is 10.8. The second-order valence-corrected chi connectivity index (χ2v) is 11.6. The van der Waals surface area contributed by atoms with Crippen molar-refractivity contribution in [1.29, 1.82) is 0 Å². The molecule has 0 amide bonds. The van der Waals surface area contributed by atoms with Gasteiger partial charge in [0, 0.05) is 5.92 Å². The van der Waals surface area contributed by atoms with E-state index in [9.17, 15) is 4.79 Å². The van der Waals surface area contributed by atoms with Crippen LogP contribution in [0.15, 0.2) is 65.9 Å². The van der Waals surface area contributed by atoms with Gasteiger partial charge in [-0.2, -0.15) is 0 Å². The number of hydrogen-bond acceptors (Lipinski definition) is 1. The number of Topliss-reactive ketones (excluding diaryl/α,β-unsaturated/α-hetero) is 1. The summed E-state index contributed by atoms with van der Waals surface area (Å²) in [6.45, 7) is 14.5. The van der Waals surface area contributed by atoms with Crippen molar-refractivity contribution < 1.29 is 4.79 Å². The highest BCUT2D eigenvalue weighted by Crippen LogP contribution is 2.20. The monoisotopic (exact) mass is 340 g/mol. The molecular formula is C22H32OSi. The van der Waals surface area contributed by atoms with E-state index in [1.165, 1.54) is 10.8 Å². The molecule has 0 heterocycles. The molecule has 0 N–H and O–H groups in total. The molecular weight excluding hydrogens is 308 g/mol. The number of benzene rings is 1. The van der Waals surface area contributed by atoms with E-state index in [0.717, 1.165) is 24.8 Å². The van der Waals surface area contributed by atoms with Crippen LogP contribution in [0.25, 0.3) is 0 Å². The number of rotatable bonds is 9. The second-order valence-electron chi connectivity index (χ2n) is 7.31. The molecule has 2 heteroatoms. The van der Waals surface area contributed by atoms with Crippen LogP contribution in [0.2, 0.25) is 13.1 Å². The molecule has 0 aliphatic heterocycles. The number of carbonyl (C=O) groups excluding carboxylic acids is 1. The molecule has 1 aromatic rings. The number of carbonyl (C=O) groups is 1. The van der Waals surface area contributed by atoms with Crippen molar-refractivity contribution >= 4 is 19.0 Å². The number of hydrogen-bond donors (Lipinski definition) is 0. The molecule has 1 nitrogen and oxygen atoms in total. The maximum Gasteiger partial charge on any atom is 0.133 e. The van der Waals surface area contributed by atoms with E-state index >= 15 is 0 Å². The Bertz CT molecular complexity index is 608. The first-order valence-electron chi connectivity index (χ1n) is 8.79. The minimum Gasteiger partial charge on any atom is -0.300 e. The minimum atomic E-state index is -1.56. The zero-order valence-electron chi connectivity index (χ0n) is 15.9. The van der Waals surface area contributed by atoms with Crippen molar-refractivity contribution in [1.82, 2.24) is 0 Å². The van der Waals surface area contributed by atoms with E-state index < -0.39 is 8.07 Å². The number of allylic oxidation sites excluding steroid dienone is 4. The standard InChI is InChI=1S/C22H32OSi/c1-7-18(2)13-15-21(20(4)23)16-14-19(3)17-24(5,6)22-11-9-8-10-12-22/h7-13,17,21H,1,14-16H2,2-6H3/b18-13+,19-17+/t21-/m1/s1. The lowest BCUT2D eigenvalue weighted by Gasteiger charge is -2.20. The molecule has 0 saturated carbocycles. The minimum absolute atomic E-state index is 0.116. The third kappa shape index (κ3) is 6.84. The molecule has 0 fully saturated rings. The van der Waals surface area contributed by atoms with Crippen LogP contribution in [-0.2, 0) is 4.79 Å². The maximum atomic E-state index is 11.9. The van der Waals surface area contributed by atoms with Gasteiger partial charge >= 0.3 is 0 Å². The van der Waals surface area contributed by atoms with Gasteiger partial charge in [-0.25, -0.2) is 0 Å². The lowest BCUT2D eigenvalue weighted by molar-refractivity contribution is -0.120. The first-order chi connectivity index (χ1) is 11.3. The van der Waals surface area contributed by atoms with Crippen LogP contribution < -0.4 is 5.19 Å². The highest BCUT2D eigenvalue weighted by atomic mass is 28.3. The van der Waals surface area contributed by atoms with Crippen molar-refractivity contribution in [3.05, 3.63) is 65.9 Å². The molecule has 0 spiro atoms. The Morgan fingerprint density at radius 1 is 1.17 bits per heavy atom. The third-order valence-corrected chi connectivity index (χ3v) is 7.67. The summed E-state index contributed by atoms with van der Waals surface area (Å²) in [6.07, 6.45) is 6.71. The van der Waals surface area contributed by atoms with E-state index in [4.69, 9.17) is 0 Å². The highest BCUT2D eigenvalue weighted by Gasteiger charge is 2.20. The summed E-state index contributed by atoms with van der Waals surface area (Å²) in [5.41, 5.74) is 5.03. The van der Waals surface area contributed by atoms with E-state index in [0.29, 0.717) is 0 Å². The van der Waals surface area contributed by atoms with Gasteiger partial charge in [-0.05, 0) is 40.0 Å². The molecule has 0 radical (unpaired) electrons. The molecule has 1 aromatic carbocycles. The lowest BCUT2D eigenvalue weighted by Crippen LogP contribution is -2.39. The normalized spacial score (nSPS) is 14.4. The van der Waals surface area contributed by atoms with Crippen LogP contribution in [0.4, 0.5) is 0 Å². The van der Waals surface area contributed by atoms with Gasteiger partial charge in [0.25, 0.3) is 0 Å². The van der Waals surface area contributed by atoms with Gasteiger partial charge in [0.15, 0.2) is 0 Å². The molecule has 1 rings (SSSR count). The highest BCUT2D eigenvalue weighted by molar-refractivity contribution is 6.94. The molecule has 0 aliphatic carbocycles. The van der Waals surface area contributed by atoms with Crippen molar-refractivity contribution in [2.45, 2.75) is 53.1 Å². The summed E-state index contributed by atoms with van der Waals surface area (Å²) >= 11 is 0. The SMILES string of the molecule is C=C/C(C)=C/C[C@H](CC/C(C)=C/[Si](C)(C)c1ccccc1)C(C)=O. The topological polar surface area (TPSA) is 17.1 Å². The molecule has 0 aromatic heterocycles. The van der Waals surface area contributed by atoms with Gasteiger partial charge in [-0.1, -0.05) is 84.2 Å². The van der Waals surface area contributed by atoms with Crippen molar-refractivity contribution in [2.75, 3.05) is 0 Å². The van der Waals surface area contributed by atoms with E-state index in [1.807, 2.05) is 13.0 Å². The van der Waals surface area contributed by atoms with Crippen molar-refractivity contribution in [2.24, 2.45) is 5.92 Å². The van der Waals surface area contributed by atoms with Crippen LogP contribution in [0, 0.1) is 5.92 Å². The van der Waals surface area contributed by atoms with Crippen LogP contribution in [-0.4, -0.2) is 13.9 Å². The van der Waals surface area contributed by atoms with Crippen LogP contribution in [0.3, 0.4) is 0 Å². The van der Waals surface area contributed by atoms with Crippen LogP contribution in [0.5, 0.6) is 0 Å². The van der Waals surface area contributed by atoms with E-state index in [1.54, 1.807) is 6.92 Å². The fourth-order valence-corrected chi connectivity index (χ4v) is 5.53. The Morgan fingerprint density at radius 2 is 1.79 bits per heavy atom. The molecule has 1 atom stereocenters. The summed E-state index contributed by atoms with van der Waals surface area (Å²) < 4.78 is 0. The number of ketones is 1. The Hall–Kier alpha value is -1.67. The predicted molar refractivity (Wildman–Crippen MR) is 109 cm³/mol. The van der Waals surface area contributed by atoms with Crippen LogP contribution >= 0.6 is 0 Å². The largest absolute Gasteiger partial charge is 0.300 e. The molecule has 0 unspecified atom stereocenters. The first kappa shape index (κ1) is 20.4.